The van der Waals surface area contributed by atoms with Gasteiger partial charge in [0.25, 0.3) is 5.69 Å². The van der Waals surface area contributed by atoms with E-state index >= 15 is 0 Å². The molecule has 0 aliphatic heterocycles. The molecule has 0 aliphatic rings. The molecule has 3 aromatic carbocycles. The molecule has 0 aliphatic carbocycles. The van der Waals surface area contributed by atoms with Crippen LogP contribution in [0.1, 0.15) is 5.56 Å². The number of carbonyl (C=O) groups is 1. The van der Waals surface area contributed by atoms with Crippen molar-refractivity contribution in [1.29, 1.82) is 0 Å². The third-order valence-corrected chi connectivity index (χ3v) is 6.07. The Labute approximate surface area is 186 Å². The number of nitrogens with zero attached hydrogens (tertiary/aromatic N) is 2. The molecular weight excluding hydrogens is 442 g/mol. The van der Waals surface area contributed by atoms with Crippen molar-refractivity contribution >= 4 is 52.9 Å². The van der Waals surface area contributed by atoms with Crippen molar-refractivity contribution in [2.75, 3.05) is 5.75 Å². The fourth-order valence-corrected chi connectivity index (χ4v) is 4.09. The standard InChI is InChI=1S/C21H16ClN3O3S2/c22-16-7-9-17(10-8-16)29-14-21(26)24-23-13-15-6-11-20(19(12-15)25(27)28)30-18-4-2-1-3-5-18/h1-13H,14H2,(H,24,26). The Bertz CT molecular complexity index is 1060. The van der Waals surface area contributed by atoms with E-state index in [1.165, 1.54) is 35.8 Å². The van der Waals surface area contributed by atoms with Gasteiger partial charge in [-0.2, -0.15) is 5.10 Å². The minimum atomic E-state index is -0.427. The molecule has 152 valence electrons. The Balaban J connectivity index is 1.59. The number of nitrogens with one attached hydrogen (secondary N) is 1. The lowest BCUT2D eigenvalue weighted by Crippen LogP contribution is -2.19. The molecule has 6 nitrogen and oxygen atoms in total. The van der Waals surface area contributed by atoms with Crippen molar-refractivity contribution in [3.8, 4) is 0 Å². The number of hydrazone groups is 1. The average molecular weight is 458 g/mol. The summed E-state index contributed by atoms with van der Waals surface area (Å²) in [6.45, 7) is 0. The van der Waals surface area contributed by atoms with E-state index in [1.54, 1.807) is 24.3 Å². The summed E-state index contributed by atoms with van der Waals surface area (Å²) in [6, 6.07) is 21.4. The molecule has 0 saturated carbocycles. The largest absolute Gasteiger partial charge is 0.283 e. The van der Waals surface area contributed by atoms with Gasteiger partial charge in [-0.05, 0) is 42.5 Å². The molecule has 0 bridgehead atoms. The molecule has 0 aromatic heterocycles. The maximum Gasteiger partial charge on any atom is 0.283 e. The molecule has 3 aromatic rings. The fraction of sp³-hybridized carbons (Fsp3) is 0.0476. The summed E-state index contributed by atoms with van der Waals surface area (Å²) in [5.74, 6) is -0.0943. The number of rotatable bonds is 8. The van der Waals surface area contributed by atoms with Gasteiger partial charge in [0.2, 0.25) is 5.91 Å². The number of thioether (sulfide) groups is 1. The molecule has 1 amide bonds. The highest BCUT2D eigenvalue weighted by Gasteiger charge is 2.15. The van der Waals surface area contributed by atoms with Crippen LogP contribution in [0.25, 0.3) is 0 Å². The molecule has 0 spiro atoms. The SMILES string of the molecule is O=C(CSc1ccc(Cl)cc1)NN=Cc1ccc(Sc2ccccc2)c([N+](=O)[O-])c1. The Morgan fingerprint density at radius 3 is 2.50 bits per heavy atom. The van der Waals surface area contributed by atoms with Gasteiger partial charge in [0, 0.05) is 26.4 Å². The van der Waals surface area contributed by atoms with Gasteiger partial charge in [-0.1, -0.05) is 47.6 Å². The van der Waals surface area contributed by atoms with Crippen LogP contribution in [0.4, 0.5) is 5.69 Å². The second-order valence-corrected chi connectivity index (χ2v) is 8.54. The number of carbonyl (C=O) groups excluding carboxylic acids is 1. The van der Waals surface area contributed by atoms with Gasteiger partial charge >= 0.3 is 0 Å². The van der Waals surface area contributed by atoms with Crippen LogP contribution in [-0.2, 0) is 4.79 Å². The Morgan fingerprint density at radius 2 is 1.80 bits per heavy atom. The van der Waals surface area contributed by atoms with E-state index in [1.807, 2.05) is 42.5 Å². The van der Waals surface area contributed by atoms with E-state index in [2.05, 4.69) is 10.5 Å². The van der Waals surface area contributed by atoms with Crippen LogP contribution in [0.15, 0.2) is 92.6 Å². The fourth-order valence-electron chi connectivity index (χ4n) is 2.35. The van der Waals surface area contributed by atoms with Crippen molar-refractivity contribution in [2.24, 2.45) is 5.10 Å². The summed E-state index contributed by atoms with van der Waals surface area (Å²) in [7, 11) is 0. The molecule has 0 heterocycles. The highest BCUT2D eigenvalue weighted by molar-refractivity contribution is 8.00. The molecule has 0 unspecified atom stereocenters. The first-order valence-corrected chi connectivity index (χ1v) is 10.9. The first kappa shape index (κ1) is 21.9. The minimum Gasteiger partial charge on any atom is -0.272 e. The minimum absolute atomic E-state index is 0.0163. The second-order valence-electron chi connectivity index (χ2n) is 5.94. The lowest BCUT2D eigenvalue weighted by molar-refractivity contribution is -0.387. The quantitative estimate of drug-likeness (QED) is 0.205. The van der Waals surface area contributed by atoms with Gasteiger partial charge < -0.3 is 0 Å². The monoisotopic (exact) mass is 457 g/mol. The van der Waals surface area contributed by atoms with E-state index in [0.29, 0.717) is 15.5 Å². The van der Waals surface area contributed by atoms with Crippen LogP contribution in [0.5, 0.6) is 0 Å². The number of benzene rings is 3. The van der Waals surface area contributed by atoms with Gasteiger partial charge in [-0.3, -0.25) is 14.9 Å². The first-order chi connectivity index (χ1) is 14.5. The summed E-state index contributed by atoms with van der Waals surface area (Å²) in [6.07, 6.45) is 1.38. The van der Waals surface area contributed by atoms with Gasteiger partial charge in [-0.15, -0.1) is 11.8 Å². The van der Waals surface area contributed by atoms with Gasteiger partial charge in [0.1, 0.15) is 0 Å². The molecule has 30 heavy (non-hydrogen) atoms. The zero-order valence-electron chi connectivity index (χ0n) is 15.5. The zero-order valence-corrected chi connectivity index (χ0v) is 17.9. The van der Waals surface area contributed by atoms with E-state index in [-0.39, 0.29) is 17.3 Å². The predicted molar refractivity (Wildman–Crippen MR) is 122 cm³/mol. The Morgan fingerprint density at radius 1 is 1.07 bits per heavy atom. The maximum absolute atomic E-state index is 11.9. The zero-order chi connectivity index (χ0) is 21.3. The average Bonchev–Trinajstić information content (AvgIpc) is 2.75. The molecule has 0 fully saturated rings. The molecule has 0 saturated heterocycles. The van der Waals surface area contributed by atoms with Crippen LogP contribution in [0, 0.1) is 10.1 Å². The molecule has 0 atom stereocenters. The van der Waals surface area contributed by atoms with Gasteiger partial charge in [0.05, 0.1) is 21.8 Å². The van der Waals surface area contributed by atoms with Crippen molar-refractivity contribution in [3.63, 3.8) is 0 Å². The summed E-state index contributed by atoms with van der Waals surface area (Å²) < 4.78 is 0. The smallest absolute Gasteiger partial charge is 0.272 e. The lowest BCUT2D eigenvalue weighted by Gasteiger charge is -2.04. The number of nitro groups is 1. The van der Waals surface area contributed by atoms with Gasteiger partial charge in [-0.25, -0.2) is 5.43 Å². The van der Waals surface area contributed by atoms with Crippen molar-refractivity contribution in [3.05, 3.63) is 93.5 Å². The number of nitro benzene ring substituents is 1. The van der Waals surface area contributed by atoms with Crippen LogP contribution in [-0.4, -0.2) is 22.8 Å². The molecule has 0 radical (unpaired) electrons. The summed E-state index contributed by atoms with van der Waals surface area (Å²) in [5.41, 5.74) is 2.93. The Hall–Kier alpha value is -2.81. The van der Waals surface area contributed by atoms with Crippen LogP contribution >= 0.6 is 35.1 Å². The number of amides is 1. The number of hydrogen-bond donors (Lipinski definition) is 1. The van der Waals surface area contributed by atoms with E-state index in [0.717, 1.165) is 9.79 Å². The normalized spacial score (nSPS) is 10.8. The van der Waals surface area contributed by atoms with Crippen molar-refractivity contribution in [1.82, 2.24) is 5.43 Å². The highest BCUT2D eigenvalue weighted by Crippen LogP contribution is 2.35. The maximum atomic E-state index is 11.9. The van der Waals surface area contributed by atoms with Crippen LogP contribution < -0.4 is 5.43 Å². The Kier molecular flexibility index (Phi) is 7.89. The second kappa shape index (κ2) is 10.8. The molecule has 3 rings (SSSR count). The van der Waals surface area contributed by atoms with Crippen molar-refractivity contribution < 1.29 is 9.72 Å². The first-order valence-electron chi connectivity index (χ1n) is 8.73. The number of hydrogen-bond acceptors (Lipinski definition) is 6. The lowest BCUT2D eigenvalue weighted by atomic mass is 10.2. The third-order valence-electron chi connectivity index (χ3n) is 3.74. The highest BCUT2D eigenvalue weighted by atomic mass is 35.5. The summed E-state index contributed by atoms with van der Waals surface area (Å²) >= 11 is 8.51. The summed E-state index contributed by atoms with van der Waals surface area (Å²) in [4.78, 5) is 25.3. The molecule has 9 heteroatoms. The van der Waals surface area contributed by atoms with Gasteiger partial charge in [0.15, 0.2) is 0 Å². The van der Waals surface area contributed by atoms with E-state index in [9.17, 15) is 14.9 Å². The predicted octanol–water partition coefficient (Wildman–Crippen LogP) is 5.64. The topological polar surface area (TPSA) is 84.6 Å². The summed E-state index contributed by atoms with van der Waals surface area (Å²) in [5, 5.41) is 16.0. The van der Waals surface area contributed by atoms with E-state index in [4.69, 9.17) is 11.6 Å². The van der Waals surface area contributed by atoms with Crippen LogP contribution in [0.3, 0.4) is 0 Å². The van der Waals surface area contributed by atoms with Crippen LogP contribution in [0.2, 0.25) is 5.02 Å². The third kappa shape index (κ3) is 6.62. The molecule has 1 N–H and O–H groups in total. The molecular formula is C21H16ClN3O3S2. The van der Waals surface area contributed by atoms with E-state index < -0.39 is 4.92 Å². The number of halogens is 1. The van der Waals surface area contributed by atoms with Crippen molar-refractivity contribution in [2.45, 2.75) is 14.7 Å².